The molecule has 2 aliphatic heterocycles. The van der Waals surface area contributed by atoms with Crippen LogP contribution in [0.4, 0.5) is 9.18 Å². The highest BCUT2D eigenvalue weighted by atomic mass is 32.2. The molecule has 0 radical (unpaired) electrons. The third-order valence-corrected chi connectivity index (χ3v) is 11.5. The van der Waals surface area contributed by atoms with E-state index >= 15 is 0 Å². The molecule has 2 heterocycles. The second-order valence-corrected chi connectivity index (χ2v) is 15.4. The normalized spacial score (nSPS) is 30.5. The van der Waals surface area contributed by atoms with Crippen molar-refractivity contribution in [2.45, 2.75) is 112 Å². The summed E-state index contributed by atoms with van der Waals surface area (Å²) in [6.07, 6.45) is 10.3. The maximum atomic E-state index is 14.1. The van der Waals surface area contributed by atoms with Crippen LogP contribution in [0, 0.1) is 11.7 Å². The van der Waals surface area contributed by atoms with Gasteiger partial charge in [-0.1, -0.05) is 42.3 Å². The van der Waals surface area contributed by atoms with E-state index in [4.69, 9.17) is 9.57 Å². The molecule has 0 unspecified atom stereocenters. The summed E-state index contributed by atoms with van der Waals surface area (Å²) in [6, 6.07) is 3.65. The van der Waals surface area contributed by atoms with Crippen molar-refractivity contribution in [1.82, 2.24) is 20.3 Å². The fourth-order valence-electron chi connectivity index (χ4n) is 6.42. The Hall–Kier alpha value is -4.01. The number of carbonyl (C=O) groups excluding carboxylic acids is 4. The molecule has 0 bridgehead atoms. The number of rotatable bonds is 8. The van der Waals surface area contributed by atoms with Gasteiger partial charge in [-0.05, 0) is 75.5 Å². The summed E-state index contributed by atoms with van der Waals surface area (Å²) >= 11 is 0. The van der Waals surface area contributed by atoms with Crippen molar-refractivity contribution in [2.75, 3.05) is 6.54 Å². The van der Waals surface area contributed by atoms with E-state index in [2.05, 4.69) is 20.5 Å². The number of ether oxygens (including phenoxy) is 1. The van der Waals surface area contributed by atoms with Crippen LogP contribution >= 0.6 is 0 Å². The van der Waals surface area contributed by atoms with E-state index < -0.39 is 74.5 Å². The van der Waals surface area contributed by atoms with Crippen LogP contribution in [0.15, 0.2) is 41.6 Å². The number of halogens is 1. The molecule has 1 saturated heterocycles. The Morgan fingerprint density at radius 1 is 1.06 bits per heavy atom. The fourth-order valence-corrected chi connectivity index (χ4v) is 7.78. The van der Waals surface area contributed by atoms with Crippen molar-refractivity contribution in [3.63, 3.8) is 0 Å². The quantitative estimate of drug-likeness (QED) is 0.213. The summed E-state index contributed by atoms with van der Waals surface area (Å²) in [5, 5.41) is 8.88. The first-order valence-corrected chi connectivity index (χ1v) is 18.4. The van der Waals surface area contributed by atoms with Crippen LogP contribution < -0.4 is 15.4 Å². The first kappa shape index (κ1) is 33.9. The standard InChI is InChI=1S/C33H42FN5O8S/c34-23-10-6-8-21(16-23)19-35-47-25-17-28-29(40)37-33(31(42)38-48(44,45)26-14-15-26)18-22(33)9-4-2-1-3-5-13-27(30(41)39(28)20-25)36-32(43)46-24-11-7-12-24/h4,6,8-10,16,19,22,24-28H,1-3,5,7,11-15,17-18,20H2,(H,36,43)(H,37,40)(H,38,42)/b9-4-,35-19+/t22-,25-,27+,28+,33+/m1/s1. The van der Waals surface area contributed by atoms with Crippen molar-refractivity contribution in [2.24, 2.45) is 11.1 Å². The van der Waals surface area contributed by atoms with Gasteiger partial charge in [0.1, 0.15) is 35.6 Å². The largest absolute Gasteiger partial charge is 0.446 e. The van der Waals surface area contributed by atoms with Crippen molar-refractivity contribution in [3.8, 4) is 0 Å². The van der Waals surface area contributed by atoms with E-state index in [1.165, 1.54) is 29.3 Å². The molecule has 48 heavy (non-hydrogen) atoms. The van der Waals surface area contributed by atoms with Crippen molar-refractivity contribution in [1.29, 1.82) is 0 Å². The van der Waals surface area contributed by atoms with E-state index in [1.54, 1.807) is 6.07 Å². The Morgan fingerprint density at radius 2 is 1.88 bits per heavy atom. The number of sulfonamides is 1. The molecule has 0 aromatic heterocycles. The summed E-state index contributed by atoms with van der Waals surface area (Å²) in [4.78, 5) is 61.5. The number of benzene rings is 1. The highest BCUT2D eigenvalue weighted by Crippen LogP contribution is 2.46. The van der Waals surface area contributed by atoms with Crippen molar-refractivity contribution >= 4 is 40.1 Å². The monoisotopic (exact) mass is 687 g/mol. The van der Waals surface area contributed by atoms with Gasteiger partial charge in [0.15, 0.2) is 0 Å². The Kier molecular flexibility index (Phi) is 10.0. The maximum absolute atomic E-state index is 14.1. The molecule has 4 amide bonds. The Bertz CT molecular complexity index is 1580. The predicted octanol–water partition coefficient (Wildman–Crippen LogP) is 2.80. The van der Waals surface area contributed by atoms with Crippen molar-refractivity contribution < 1.29 is 41.6 Å². The van der Waals surface area contributed by atoms with Gasteiger partial charge in [0.2, 0.25) is 21.8 Å². The van der Waals surface area contributed by atoms with Gasteiger partial charge in [-0.3, -0.25) is 19.1 Å². The molecule has 5 atom stereocenters. The number of oxime groups is 1. The minimum Gasteiger partial charge on any atom is -0.446 e. The van der Waals surface area contributed by atoms with Gasteiger partial charge < -0.3 is 25.1 Å². The van der Waals surface area contributed by atoms with Crippen molar-refractivity contribution in [3.05, 3.63) is 47.8 Å². The topological polar surface area (TPSA) is 173 Å². The molecule has 3 aliphatic carbocycles. The summed E-state index contributed by atoms with van der Waals surface area (Å²) in [5.74, 6) is -2.83. The van der Waals surface area contributed by atoms with E-state index in [-0.39, 0.29) is 25.5 Å². The molecule has 3 saturated carbocycles. The number of hydrogen-bond acceptors (Lipinski definition) is 9. The molecular formula is C33H42FN5O8S. The summed E-state index contributed by atoms with van der Waals surface area (Å²) in [6.45, 7) is -0.0498. The number of nitrogens with zero attached hydrogens (tertiary/aromatic N) is 2. The number of nitrogens with one attached hydrogen (secondary N) is 3. The lowest BCUT2D eigenvalue weighted by Crippen LogP contribution is -2.58. The molecule has 15 heteroatoms. The minimum atomic E-state index is -3.88. The van der Waals surface area contributed by atoms with E-state index in [0.717, 1.165) is 32.1 Å². The number of alkyl carbamates (subject to hydrolysis) is 1. The number of allylic oxidation sites excluding steroid dienone is 1. The van der Waals surface area contributed by atoms with Crippen LogP contribution in [-0.4, -0.2) is 85.0 Å². The van der Waals surface area contributed by atoms with Gasteiger partial charge in [-0.15, -0.1) is 0 Å². The molecule has 13 nitrogen and oxygen atoms in total. The lowest BCUT2D eigenvalue weighted by molar-refractivity contribution is -0.141. The minimum absolute atomic E-state index is 0.00980. The second-order valence-electron chi connectivity index (χ2n) is 13.4. The average molecular weight is 688 g/mol. The SMILES string of the molecule is O=C(N[C@H]1CCCCC/C=C\[C@@H]2C[C@]2(C(=O)NS(=O)(=O)C2CC2)NC(=O)[C@@H]2C[C@@H](O/N=C/c3cccc(F)c3)CN2C1=O)OC1CCC1. The zero-order valence-corrected chi connectivity index (χ0v) is 27.5. The zero-order valence-electron chi connectivity index (χ0n) is 26.6. The van der Waals surface area contributed by atoms with Gasteiger partial charge in [-0.25, -0.2) is 17.6 Å². The smallest absolute Gasteiger partial charge is 0.408 e. The molecule has 3 N–H and O–H groups in total. The van der Waals surface area contributed by atoms with E-state index in [0.29, 0.717) is 37.7 Å². The average Bonchev–Trinajstić information content (AvgIpc) is 3.94. The van der Waals surface area contributed by atoms with Crippen LogP contribution in [0.1, 0.15) is 82.6 Å². The summed E-state index contributed by atoms with van der Waals surface area (Å²) in [7, 11) is -3.88. The first-order valence-electron chi connectivity index (χ1n) is 16.8. The third kappa shape index (κ3) is 7.99. The number of hydrogen-bond donors (Lipinski definition) is 3. The number of fused-ring (bicyclic) bond motifs is 2. The highest BCUT2D eigenvalue weighted by molar-refractivity contribution is 7.91. The Morgan fingerprint density at radius 3 is 2.60 bits per heavy atom. The molecule has 0 spiro atoms. The van der Waals surface area contributed by atoms with Gasteiger partial charge in [0.05, 0.1) is 18.0 Å². The summed E-state index contributed by atoms with van der Waals surface area (Å²) < 4.78 is 46.7. The fraction of sp³-hybridized carbons (Fsp3) is 0.606. The first-order chi connectivity index (χ1) is 23.0. The van der Waals surface area contributed by atoms with Gasteiger partial charge in [0, 0.05) is 12.3 Å². The van der Waals surface area contributed by atoms with Gasteiger partial charge in [-0.2, -0.15) is 0 Å². The molecule has 1 aromatic rings. The molecule has 5 aliphatic rings. The van der Waals surface area contributed by atoms with Gasteiger partial charge >= 0.3 is 6.09 Å². The second kappa shape index (κ2) is 14.2. The number of carbonyl (C=O) groups is 4. The number of amides is 4. The van der Waals surface area contributed by atoms with Crippen LogP contribution in [-0.2, 0) is 34.0 Å². The maximum Gasteiger partial charge on any atom is 0.408 e. The zero-order chi connectivity index (χ0) is 33.9. The van der Waals surface area contributed by atoms with E-state index in [1.807, 2.05) is 12.2 Å². The lowest BCUT2D eigenvalue weighted by Gasteiger charge is -2.30. The lowest BCUT2D eigenvalue weighted by atomic mass is 9.96. The Balaban J connectivity index is 1.24. The Labute approximate surface area is 279 Å². The molecule has 260 valence electrons. The van der Waals surface area contributed by atoms with Gasteiger partial charge in [0.25, 0.3) is 5.91 Å². The molecule has 6 rings (SSSR count). The predicted molar refractivity (Wildman–Crippen MR) is 171 cm³/mol. The van der Waals surface area contributed by atoms with Crippen LogP contribution in [0.25, 0.3) is 0 Å². The summed E-state index contributed by atoms with van der Waals surface area (Å²) in [5.41, 5.74) is -1.05. The van der Waals surface area contributed by atoms with Crippen LogP contribution in [0.3, 0.4) is 0 Å². The molecule has 1 aromatic carbocycles. The van der Waals surface area contributed by atoms with E-state index in [9.17, 15) is 32.0 Å². The molecule has 4 fully saturated rings. The van der Waals surface area contributed by atoms with Crippen LogP contribution in [0.2, 0.25) is 0 Å². The molecular weight excluding hydrogens is 645 g/mol. The van der Waals surface area contributed by atoms with Crippen LogP contribution in [0.5, 0.6) is 0 Å². The third-order valence-electron chi connectivity index (χ3n) is 9.72. The highest BCUT2D eigenvalue weighted by Gasteiger charge is 2.62.